The van der Waals surface area contributed by atoms with E-state index >= 15 is 0 Å². The topological polar surface area (TPSA) is 29.3 Å². The van der Waals surface area contributed by atoms with Crippen LogP contribution < -0.4 is 5.73 Å². The van der Waals surface area contributed by atoms with Gasteiger partial charge in [0.05, 0.1) is 11.4 Å². The molecule has 0 radical (unpaired) electrons. The number of rotatable bonds is 5. The highest BCUT2D eigenvalue weighted by Crippen LogP contribution is 2.17. The Morgan fingerprint density at radius 2 is 2.18 bits per heavy atom. The van der Waals surface area contributed by atoms with Gasteiger partial charge in [-0.05, 0) is 24.6 Å². The summed E-state index contributed by atoms with van der Waals surface area (Å²) in [4.78, 5) is 4.97. The van der Waals surface area contributed by atoms with Crippen LogP contribution in [0.15, 0.2) is 12.1 Å². The highest BCUT2D eigenvalue weighted by molar-refractivity contribution is 7.12. The largest absolute Gasteiger partial charge is 0.320 e. The minimum Gasteiger partial charge on any atom is -0.320 e. The molecule has 1 aromatic rings. The van der Waals surface area contributed by atoms with Crippen LogP contribution in [-0.4, -0.2) is 24.5 Å². The van der Waals surface area contributed by atoms with Crippen LogP contribution in [0, 0.1) is 17.8 Å². The van der Waals surface area contributed by atoms with E-state index in [1.54, 1.807) is 11.3 Å². The summed E-state index contributed by atoms with van der Waals surface area (Å²) in [5.41, 5.74) is 5.36. The minimum atomic E-state index is 0.432. The molecular formula is C14H22N2S. The molecule has 1 aromatic heterocycles. The normalized spacial score (nSPS) is 10.7. The molecule has 0 atom stereocenters. The highest BCUT2D eigenvalue weighted by atomic mass is 32.1. The van der Waals surface area contributed by atoms with Crippen LogP contribution in [-0.2, 0) is 6.54 Å². The van der Waals surface area contributed by atoms with E-state index in [0.717, 1.165) is 24.5 Å². The second-order valence-electron chi connectivity index (χ2n) is 4.49. The number of hydrogen-bond donors (Lipinski definition) is 1. The molecule has 0 amide bonds. The first-order chi connectivity index (χ1) is 8.15. The Balaban J connectivity index is 2.58. The summed E-state index contributed by atoms with van der Waals surface area (Å²) >= 11 is 1.77. The molecule has 0 aliphatic heterocycles. The van der Waals surface area contributed by atoms with Crippen molar-refractivity contribution >= 4 is 11.3 Å². The maximum atomic E-state index is 5.36. The molecule has 17 heavy (non-hydrogen) atoms. The second kappa shape index (κ2) is 7.50. The van der Waals surface area contributed by atoms with Crippen molar-refractivity contribution in [3.63, 3.8) is 0 Å². The van der Waals surface area contributed by atoms with Gasteiger partial charge in [0.15, 0.2) is 0 Å². The first kappa shape index (κ1) is 14.2. The molecule has 0 saturated heterocycles. The van der Waals surface area contributed by atoms with Crippen molar-refractivity contribution in [2.24, 2.45) is 11.7 Å². The Bertz CT molecular complexity index is 384. The predicted octanol–water partition coefficient (Wildman–Crippen LogP) is 2.54. The van der Waals surface area contributed by atoms with Gasteiger partial charge in [-0.3, -0.25) is 4.90 Å². The van der Waals surface area contributed by atoms with Crippen LogP contribution in [0.1, 0.15) is 30.5 Å². The first-order valence-electron chi connectivity index (χ1n) is 6.15. The van der Waals surface area contributed by atoms with E-state index in [1.807, 2.05) is 0 Å². The molecule has 0 spiro atoms. The molecule has 1 heterocycles. The van der Waals surface area contributed by atoms with Crippen molar-refractivity contribution in [1.29, 1.82) is 0 Å². The molecule has 0 unspecified atom stereocenters. The van der Waals surface area contributed by atoms with Gasteiger partial charge in [-0.2, -0.15) is 0 Å². The van der Waals surface area contributed by atoms with E-state index in [1.165, 1.54) is 4.88 Å². The maximum Gasteiger partial charge on any atom is 0.0772 e. The number of nitrogens with zero attached hydrogens (tertiary/aromatic N) is 1. The average Bonchev–Trinajstić information content (AvgIpc) is 2.72. The fraction of sp³-hybridized carbons (Fsp3) is 0.571. The van der Waals surface area contributed by atoms with Crippen molar-refractivity contribution in [2.45, 2.75) is 27.3 Å². The lowest BCUT2D eigenvalue weighted by Crippen LogP contribution is -2.26. The van der Waals surface area contributed by atoms with E-state index in [-0.39, 0.29) is 0 Å². The zero-order valence-corrected chi connectivity index (χ0v) is 11.8. The average molecular weight is 250 g/mol. The van der Waals surface area contributed by atoms with Crippen molar-refractivity contribution in [3.8, 4) is 11.8 Å². The predicted molar refractivity (Wildman–Crippen MR) is 76.0 cm³/mol. The summed E-state index contributed by atoms with van der Waals surface area (Å²) in [6.07, 6.45) is 0. The fourth-order valence-corrected chi connectivity index (χ4v) is 2.64. The van der Waals surface area contributed by atoms with Crippen molar-refractivity contribution < 1.29 is 0 Å². The van der Waals surface area contributed by atoms with Gasteiger partial charge >= 0.3 is 0 Å². The Kier molecular flexibility index (Phi) is 6.28. The monoisotopic (exact) mass is 250 g/mol. The third-order valence-electron chi connectivity index (χ3n) is 2.43. The molecule has 2 N–H and O–H groups in total. The summed E-state index contributed by atoms with van der Waals surface area (Å²) in [5.74, 6) is 6.69. The molecular weight excluding hydrogens is 228 g/mol. The molecule has 0 saturated carbocycles. The Morgan fingerprint density at radius 3 is 2.76 bits per heavy atom. The Labute approximate surface area is 109 Å². The van der Waals surface area contributed by atoms with Gasteiger partial charge in [-0.15, -0.1) is 11.3 Å². The lowest BCUT2D eigenvalue weighted by atomic mass is 10.2. The molecule has 0 bridgehead atoms. The van der Waals surface area contributed by atoms with Crippen molar-refractivity contribution in [2.75, 3.05) is 19.6 Å². The van der Waals surface area contributed by atoms with E-state index in [9.17, 15) is 0 Å². The third kappa shape index (κ3) is 5.36. The van der Waals surface area contributed by atoms with Gasteiger partial charge in [0.1, 0.15) is 0 Å². The van der Waals surface area contributed by atoms with Gasteiger partial charge < -0.3 is 5.73 Å². The molecule has 3 heteroatoms. The number of thiophene rings is 1. The van der Waals surface area contributed by atoms with Gasteiger partial charge in [-0.1, -0.05) is 32.6 Å². The van der Waals surface area contributed by atoms with Crippen LogP contribution in [0.25, 0.3) is 0 Å². The molecule has 94 valence electrons. The smallest absolute Gasteiger partial charge is 0.0772 e. The third-order valence-corrected chi connectivity index (χ3v) is 3.41. The Hall–Kier alpha value is -0.820. The molecule has 0 aromatic carbocycles. The van der Waals surface area contributed by atoms with E-state index < -0.39 is 0 Å². The van der Waals surface area contributed by atoms with Gasteiger partial charge in [0.2, 0.25) is 0 Å². The SMILES string of the molecule is CCN(Cc1ccc(C#CCN)s1)CC(C)C. The highest BCUT2D eigenvalue weighted by Gasteiger charge is 2.07. The number of nitrogens with two attached hydrogens (primary N) is 1. The zero-order valence-electron chi connectivity index (χ0n) is 11.0. The zero-order chi connectivity index (χ0) is 12.7. The summed E-state index contributed by atoms with van der Waals surface area (Å²) in [5, 5.41) is 0. The fourth-order valence-electron chi connectivity index (χ4n) is 1.71. The standard InChI is InChI=1S/C14H22N2S/c1-4-16(10-12(2)3)11-14-8-7-13(17-14)6-5-9-15/h7-8,12H,4,9-11,15H2,1-3H3. The summed E-state index contributed by atoms with van der Waals surface area (Å²) in [6.45, 7) is 10.4. The second-order valence-corrected chi connectivity index (χ2v) is 5.66. The lowest BCUT2D eigenvalue weighted by molar-refractivity contribution is 0.250. The van der Waals surface area contributed by atoms with Crippen molar-refractivity contribution in [1.82, 2.24) is 4.90 Å². The van der Waals surface area contributed by atoms with Gasteiger partial charge in [0, 0.05) is 18.0 Å². The Morgan fingerprint density at radius 1 is 1.41 bits per heavy atom. The lowest BCUT2D eigenvalue weighted by Gasteiger charge is -2.21. The summed E-state index contributed by atoms with van der Waals surface area (Å²) < 4.78 is 0. The van der Waals surface area contributed by atoms with Crippen LogP contribution in [0.4, 0.5) is 0 Å². The van der Waals surface area contributed by atoms with Gasteiger partial charge in [-0.25, -0.2) is 0 Å². The van der Waals surface area contributed by atoms with Crippen LogP contribution in [0.3, 0.4) is 0 Å². The maximum absolute atomic E-state index is 5.36. The quantitative estimate of drug-likeness (QED) is 0.814. The number of hydrogen-bond acceptors (Lipinski definition) is 3. The van der Waals surface area contributed by atoms with Crippen LogP contribution in [0.2, 0.25) is 0 Å². The molecule has 0 aliphatic carbocycles. The van der Waals surface area contributed by atoms with Crippen molar-refractivity contribution in [3.05, 3.63) is 21.9 Å². The molecule has 0 aliphatic rings. The van der Waals surface area contributed by atoms with Gasteiger partial charge in [0.25, 0.3) is 0 Å². The van der Waals surface area contributed by atoms with Crippen LogP contribution in [0.5, 0.6) is 0 Å². The summed E-state index contributed by atoms with van der Waals surface area (Å²) in [7, 11) is 0. The summed E-state index contributed by atoms with van der Waals surface area (Å²) in [6, 6.07) is 4.26. The molecule has 1 rings (SSSR count). The molecule has 0 fully saturated rings. The van der Waals surface area contributed by atoms with E-state index in [4.69, 9.17) is 5.73 Å². The van der Waals surface area contributed by atoms with Crippen LogP contribution >= 0.6 is 11.3 Å². The van der Waals surface area contributed by atoms with E-state index in [2.05, 4.69) is 49.6 Å². The molecule has 2 nitrogen and oxygen atoms in total. The first-order valence-corrected chi connectivity index (χ1v) is 6.97. The minimum absolute atomic E-state index is 0.432. The van der Waals surface area contributed by atoms with E-state index in [0.29, 0.717) is 12.5 Å².